The summed E-state index contributed by atoms with van der Waals surface area (Å²) in [7, 11) is 3.13. The smallest absolute Gasteiger partial charge is 0.327 e. The van der Waals surface area contributed by atoms with E-state index in [0.29, 0.717) is 43.2 Å². The average molecular weight is 427 g/mol. The molecular formula is C22H25N3O6. The van der Waals surface area contributed by atoms with E-state index >= 15 is 0 Å². The highest BCUT2D eigenvalue weighted by Gasteiger charge is 2.47. The van der Waals surface area contributed by atoms with Crippen LogP contribution in [0.4, 0.5) is 4.79 Å². The van der Waals surface area contributed by atoms with Crippen LogP contribution in [0.15, 0.2) is 34.9 Å². The van der Waals surface area contributed by atoms with Gasteiger partial charge in [0, 0.05) is 25.9 Å². The summed E-state index contributed by atoms with van der Waals surface area (Å²) < 4.78 is 15.9. The van der Waals surface area contributed by atoms with Crippen LogP contribution in [0.5, 0.6) is 11.5 Å². The lowest BCUT2D eigenvalue weighted by Crippen LogP contribution is -2.40. The average Bonchev–Trinajstić information content (AvgIpc) is 3.38. The number of furan rings is 1. The van der Waals surface area contributed by atoms with Crippen LogP contribution in [0.2, 0.25) is 0 Å². The quantitative estimate of drug-likeness (QED) is 0.648. The fourth-order valence-corrected chi connectivity index (χ4v) is 4.05. The summed E-state index contributed by atoms with van der Waals surface area (Å²) in [5, 5.41) is 2.76. The Balaban J connectivity index is 1.35. The lowest BCUT2D eigenvalue weighted by atomic mass is 9.94. The number of imide groups is 1. The highest BCUT2D eigenvalue weighted by atomic mass is 16.5. The predicted molar refractivity (Wildman–Crippen MR) is 109 cm³/mol. The molecule has 0 aliphatic carbocycles. The molecule has 0 bridgehead atoms. The summed E-state index contributed by atoms with van der Waals surface area (Å²) in [6, 6.07) is 6.42. The fourth-order valence-electron chi connectivity index (χ4n) is 4.05. The number of hydrogen-bond acceptors (Lipinski definition) is 6. The molecule has 0 saturated carbocycles. The van der Waals surface area contributed by atoms with Crippen molar-refractivity contribution in [3.8, 4) is 11.5 Å². The monoisotopic (exact) mass is 427 g/mol. The van der Waals surface area contributed by atoms with Gasteiger partial charge in [0.15, 0.2) is 11.5 Å². The zero-order chi connectivity index (χ0) is 22.0. The second kappa shape index (κ2) is 8.71. The minimum atomic E-state index is -0.522. The van der Waals surface area contributed by atoms with Crippen molar-refractivity contribution in [3.05, 3.63) is 47.4 Å². The summed E-state index contributed by atoms with van der Waals surface area (Å²) in [6.07, 6.45) is 2.60. The third kappa shape index (κ3) is 4.08. The molecule has 1 aromatic heterocycles. The van der Waals surface area contributed by atoms with E-state index < -0.39 is 6.04 Å². The van der Waals surface area contributed by atoms with E-state index in [1.165, 1.54) is 4.90 Å². The van der Waals surface area contributed by atoms with Crippen molar-refractivity contribution < 1.29 is 28.3 Å². The summed E-state index contributed by atoms with van der Waals surface area (Å²) >= 11 is 0. The molecule has 4 amide bonds. The van der Waals surface area contributed by atoms with E-state index in [1.807, 2.05) is 12.1 Å². The largest absolute Gasteiger partial charge is 0.493 e. The van der Waals surface area contributed by atoms with Gasteiger partial charge >= 0.3 is 6.03 Å². The molecule has 2 aliphatic rings. The van der Waals surface area contributed by atoms with Crippen molar-refractivity contribution >= 4 is 17.8 Å². The van der Waals surface area contributed by atoms with Crippen LogP contribution < -0.4 is 14.8 Å². The highest BCUT2D eigenvalue weighted by molar-refractivity contribution is 6.04. The van der Waals surface area contributed by atoms with Crippen LogP contribution in [0.1, 0.15) is 29.7 Å². The zero-order valence-electron chi connectivity index (χ0n) is 17.6. The van der Waals surface area contributed by atoms with Gasteiger partial charge < -0.3 is 24.1 Å². The van der Waals surface area contributed by atoms with Gasteiger partial charge in [-0.3, -0.25) is 14.5 Å². The van der Waals surface area contributed by atoms with Gasteiger partial charge in [0.05, 0.1) is 27.0 Å². The van der Waals surface area contributed by atoms with Gasteiger partial charge in [-0.1, -0.05) is 0 Å². The molecule has 4 rings (SSSR count). The second-order valence-electron chi connectivity index (χ2n) is 7.56. The molecule has 1 fully saturated rings. The number of ether oxygens (including phenoxy) is 2. The molecule has 164 valence electrons. The number of carbonyl (C=O) groups is 3. The number of urea groups is 1. The number of methoxy groups -OCH3 is 2. The summed E-state index contributed by atoms with van der Waals surface area (Å²) in [4.78, 5) is 40.6. The number of rotatable bonds is 8. The molecule has 1 aromatic carbocycles. The number of benzene rings is 1. The normalized spacial score (nSPS) is 17.4. The number of hydrogen-bond donors (Lipinski definition) is 1. The van der Waals surface area contributed by atoms with Crippen LogP contribution in [-0.2, 0) is 29.1 Å². The Hall–Kier alpha value is -3.49. The number of carbonyl (C=O) groups excluding carboxylic acids is 3. The summed E-state index contributed by atoms with van der Waals surface area (Å²) in [5.74, 6) is 1.49. The van der Waals surface area contributed by atoms with Crippen LogP contribution in [0.25, 0.3) is 0 Å². The SMILES string of the molecule is COc1cc2c(cc1OC)CN1C(=O)N(CCCC(=O)NCc3ccco3)C(=O)[C@@H]1C2. The van der Waals surface area contributed by atoms with Crippen LogP contribution in [-0.4, -0.2) is 54.5 Å². The van der Waals surface area contributed by atoms with E-state index in [4.69, 9.17) is 13.9 Å². The standard InChI is InChI=1S/C22H25N3O6/c1-29-18-10-14-9-17-21(27)24(22(28)25(17)13-15(14)11-19(18)30-2)7-3-6-20(26)23-12-16-5-4-8-31-16/h4-5,8,10-11,17H,3,6-7,9,12-13H2,1-2H3,(H,23,26)/t17-/m0/s1. The van der Waals surface area contributed by atoms with Crippen molar-refractivity contribution in [2.75, 3.05) is 20.8 Å². The molecule has 2 aromatic rings. The number of nitrogens with one attached hydrogen (secondary N) is 1. The first-order chi connectivity index (χ1) is 15.0. The van der Waals surface area contributed by atoms with E-state index in [1.54, 1.807) is 37.5 Å². The van der Waals surface area contributed by atoms with Gasteiger partial charge in [-0.25, -0.2) is 4.79 Å². The predicted octanol–water partition coefficient (Wildman–Crippen LogP) is 2.08. The topological polar surface area (TPSA) is 101 Å². The lowest BCUT2D eigenvalue weighted by molar-refractivity contribution is -0.129. The van der Waals surface area contributed by atoms with Gasteiger partial charge in [-0.15, -0.1) is 0 Å². The first-order valence-corrected chi connectivity index (χ1v) is 10.2. The maximum atomic E-state index is 12.9. The van der Waals surface area contributed by atoms with Crippen molar-refractivity contribution in [2.45, 2.75) is 38.4 Å². The first-order valence-electron chi connectivity index (χ1n) is 10.2. The molecule has 31 heavy (non-hydrogen) atoms. The van der Waals surface area contributed by atoms with Crippen molar-refractivity contribution in [1.29, 1.82) is 0 Å². The molecule has 1 N–H and O–H groups in total. The molecule has 0 unspecified atom stereocenters. The Bertz CT molecular complexity index is 936. The Morgan fingerprint density at radius 1 is 1.19 bits per heavy atom. The molecule has 9 nitrogen and oxygen atoms in total. The minimum absolute atomic E-state index is 0.153. The maximum Gasteiger partial charge on any atom is 0.327 e. The molecule has 9 heteroatoms. The highest BCUT2D eigenvalue weighted by Crippen LogP contribution is 2.37. The second-order valence-corrected chi connectivity index (χ2v) is 7.56. The Kier molecular flexibility index (Phi) is 5.83. The lowest BCUT2D eigenvalue weighted by Gasteiger charge is -2.29. The van der Waals surface area contributed by atoms with Crippen LogP contribution in [0, 0.1) is 0 Å². The van der Waals surface area contributed by atoms with E-state index in [9.17, 15) is 14.4 Å². The fraction of sp³-hybridized carbons (Fsp3) is 0.409. The van der Waals surface area contributed by atoms with Crippen molar-refractivity contribution in [3.63, 3.8) is 0 Å². The van der Waals surface area contributed by atoms with Gasteiger partial charge in [0.25, 0.3) is 5.91 Å². The Morgan fingerprint density at radius 3 is 2.61 bits per heavy atom. The first kappa shape index (κ1) is 20.8. The molecule has 2 aliphatic heterocycles. The maximum absolute atomic E-state index is 12.9. The van der Waals surface area contributed by atoms with Gasteiger partial charge in [0.2, 0.25) is 5.91 Å². The van der Waals surface area contributed by atoms with E-state index in [-0.39, 0.29) is 30.8 Å². The van der Waals surface area contributed by atoms with Crippen molar-refractivity contribution in [2.24, 2.45) is 0 Å². The molecular weight excluding hydrogens is 402 g/mol. The Labute approximate surface area is 179 Å². The molecule has 3 heterocycles. The van der Waals surface area contributed by atoms with Crippen molar-refractivity contribution in [1.82, 2.24) is 15.1 Å². The number of nitrogens with zero attached hydrogens (tertiary/aromatic N) is 2. The van der Waals surface area contributed by atoms with Gasteiger partial charge in [-0.05, 0) is 41.8 Å². The summed E-state index contributed by atoms with van der Waals surface area (Å²) in [5.41, 5.74) is 1.91. The molecule has 0 radical (unpaired) electrons. The van der Waals surface area contributed by atoms with Gasteiger partial charge in [-0.2, -0.15) is 0 Å². The van der Waals surface area contributed by atoms with E-state index in [2.05, 4.69) is 5.32 Å². The van der Waals surface area contributed by atoms with Gasteiger partial charge in [0.1, 0.15) is 11.8 Å². The number of amides is 4. The number of fused-ring (bicyclic) bond motifs is 2. The van der Waals surface area contributed by atoms with E-state index in [0.717, 1.165) is 11.1 Å². The molecule has 0 spiro atoms. The third-order valence-corrected chi connectivity index (χ3v) is 5.69. The Morgan fingerprint density at radius 2 is 1.94 bits per heavy atom. The van der Waals surface area contributed by atoms with Crippen LogP contribution in [0.3, 0.4) is 0 Å². The molecule has 1 atom stereocenters. The van der Waals surface area contributed by atoms with Crippen LogP contribution >= 0.6 is 0 Å². The molecule has 1 saturated heterocycles. The zero-order valence-corrected chi connectivity index (χ0v) is 17.6. The minimum Gasteiger partial charge on any atom is -0.493 e. The summed E-state index contributed by atoms with van der Waals surface area (Å²) in [6.45, 7) is 0.862. The third-order valence-electron chi connectivity index (χ3n) is 5.69.